The molecule has 0 atom stereocenters. The molecule has 0 aliphatic heterocycles. The van der Waals surface area contributed by atoms with E-state index in [-0.39, 0.29) is 27.5 Å². The Hall–Kier alpha value is -1.90. The van der Waals surface area contributed by atoms with Crippen molar-refractivity contribution in [3.63, 3.8) is 0 Å². The molecule has 0 saturated carbocycles. The van der Waals surface area contributed by atoms with Crippen molar-refractivity contribution < 1.29 is 9.13 Å². The van der Waals surface area contributed by atoms with Crippen molar-refractivity contribution in [2.75, 3.05) is 0 Å². The van der Waals surface area contributed by atoms with Crippen molar-refractivity contribution >= 4 is 23.2 Å². The largest absolute Gasteiger partial charge is 0.434 e. The van der Waals surface area contributed by atoms with Crippen LogP contribution in [0.5, 0.6) is 11.6 Å². The number of halogens is 3. The zero-order valence-corrected chi connectivity index (χ0v) is 10.2. The van der Waals surface area contributed by atoms with E-state index < -0.39 is 5.82 Å². The Morgan fingerprint density at radius 3 is 2.78 bits per heavy atom. The molecule has 0 bridgehead atoms. The fourth-order valence-corrected chi connectivity index (χ4v) is 1.42. The molecule has 4 nitrogen and oxygen atoms in total. The normalized spacial score (nSPS) is 9.89. The van der Waals surface area contributed by atoms with Crippen molar-refractivity contribution in [1.29, 1.82) is 5.26 Å². The first-order valence-corrected chi connectivity index (χ1v) is 5.41. The van der Waals surface area contributed by atoms with Crippen molar-refractivity contribution in [3.05, 3.63) is 46.1 Å². The molecule has 18 heavy (non-hydrogen) atoms. The van der Waals surface area contributed by atoms with Crippen LogP contribution >= 0.6 is 23.2 Å². The van der Waals surface area contributed by atoms with Crippen LogP contribution in [0.1, 0.15) is 5.56 Å². The minimum atomic E-state index is -0.695. The predicted molar refractivity (Wildman–Crippen MR) is 63.2 cm³/mol. The van der Waals surface area contributed by atoms with Crippen molar-refractivity contribution in [2.24, 2.45) is 0 Å². The molecule has 0 aliphatic carbocycles. The monoisotopic (exact) mass is 283 g/mol. The molecule has 0 unspecified atom stereocenters. The van der Waals surface area contributed by atoms with E-state index in [1.54, 1.807) is 0 Å². The lowest BCUT2D eigenvalue weighted by Gasteiger charge is -2.07. The topological polar surface area (TPSA) is 58.8 Å². The Morgan fingerprint density at radius 1 is 1.33 bits per heavy atom. The van der Waals surface area contributed by atoms with E-state index in [0.717, 1.165) is 6.07 Å². The Balaban J connectivity index is 2.34. The Bertz CT molecular complexity index is 643. The van der Waals surface area contributed by atoms with Gasteiger partial charge >= 0.3 is 0 Å². The highest BCUT2D eigenvalue weighted by Crippen LogP contribution is 2.29. The molecule has 1 heterocycles. The van der Waals surface area contributed by atoms with Gasteiger partial charge in [0.25, 0.3) is 0 Å². The van der Waals surface area contributed by atoms with Gasteiger partial charge in [0.05, 0.1) is 17.8 Å². The number of hydrogen-bond acceptors (Lipinski definition) is 4. The summed E-state index contributed by atoms with van der Waals surface area (Å²) in [4.78, 5) is 7.36. The molecule has 0 spiro atoms. The minimum absolute atomic E-state index is 0.0553. The van der Waals surface area contributed by atoms with Crippen molar-refractivity contribution in [3.8, 4) is 17.7 Å². The summed E-state index contributed by atoms with van der Waals surface area (Å²) in [6.45, 7) is 0. The zero-order chi connectivity index (χ0) is 13.1. The number of hydrogen-bond donors (Lipinski definition) is 0. The molecule has 0 N–H and O–H groups in total. The minimum Gasteiger partial charge on any atom is -0.434 e. The predicted octanol–water partition coefficient (Wildman–Crippen LogP) is 3.59. The molecular weight excluding hydrogens is 280 g/mol. The smallest absolute Gasteiger partial charge is 0.242 e. The average molecular weight is 284 g/mol. The number of nitriles is 1. The lowest BCUT2D eigenvalue weighted by atomic mass is 10.2. The number of aromatic nitrogens is 2. The van der Waals surface area contributed by atoms with E-state index in [1.165, 1.54) is 18.3 Å². The van der Waals surface area contributed by atoms with Crippen LogP contribution in [0.25, 0.3) is 0 Å². The van der Waals surface area contributed by atoms with Crippen LogP contribution in [0.15, 0.2) is 24.4 Å². The molecular formula is C11H4Cl2FN3O. The van der Waals surface area contributed by atoms with Gasteiger partial charge in [-0.15, -0.1) is 0 Å². The summed E-state index contributed by atoms with van der Waals surface area (Å²) in [6.07, 6.45) is 1.24. The molecule has 0 radical (unpaired) electrons. The maximum Gasteiger partial charge on any atom is 0.242 e. The van der Waals surface area contributed by atoms with E-state index in [9.17, 15) is 4.39 Å². The van der Waals surface area contributed by atoms with Gasteiger partial charge in [-0.1, -0.05) is 11.6 Å². The van der Waals surface area contributed by atoms with Gasteiger partial charge in [-0.25, -0.2) is 9.37 Å². The van der Waals surface area contributed by atoms with Crippen LogP contribution in [0.3, 0.4) is 0 Å². The lowest BCUT2D eigenvalue weighted by Crippen LogP contribution is -1.94. The second-order valence-corrected chi connectivity index (χ2v) is 3.90. The first-order valence-electron chi connectivity index (χ1n) is 4.65. The fourth-order valence-electron chi connectivity index (χ4n) is 1.16. The SMILES string of the molecule is N#Cc1ccc(Oc2nc(Cl)ncc2Cl)c(F)c1. The molecule has 1 aromatic heterocycles. The van der Waals surface area contributed by atoms with Crippen LogP contribution < -0.4 is 4.74 Å². The molecule has 0 fully saturated rings. The highest BCUT2D eigenvalue weighted by Gasteiger charge is 2.11. The number of benzene rings is 1. The van der Waals surface area contributed by atoms with Crippen molar-refractivity contribution in [1.82, 2.24) is 9.97 Å². The van der Waals surface area contributed by atoms with Gasteiger partial charge in [-0.05, 0) is 29.8 Å². The third-order valence-corrected chi connectivity index (χ3v) is 2.39. The Labute approximate surface area is 112 Å². The van der Waals surface area contributed by atoms with Gasteiger partial charge in [0.1, 0.15) is 5.02 Å². The fraction of sp³-hybridized carbons (Fsp3) is 0. The highest BCUT2D eigenvalue weighted by atomic mass is 35.5. The second-order valence-electron chi connectivity index (χ2n) is 3.15. The summed E-state index contributed by atoms with van der Waals surface area (Å²) in [5, 5.41) is 8.64. The lowest BCUT2D eigenvalue weighted by molar-refractivity contribution is 0.426. The van der Waals surface area contributed by atoms with Crippen LogP contribution in [0.2, 0.25) is 10.3 Å². The van der Waals surface area contributed by atoms with E-state index in [4.69, 9.17) is 33.2 Å². The third kappa shape index (κ3) is 2.67. The van der Waals surface area contributed by atoms with Gasteiger partial charge in [0.2, 0.25) is 11.2 Å². The number of nitrogens with zero attached hydrogens (tertiary/aromatic N) is 3. The summed E-state index contributed by atoms with van der Waals surface area (Å²) in [7, 11) is 0. The molecule has 90 valence electrons. The molecule has 0 saturated heterocycles. The standard InChI is InChI=1S/C11H4Cl2FN3O/c12-7-5-16-11(13)17-10(7)18-9-2-1-6(4-15)3-8(9)14/h1-3,5H. The van der Waals surface area contributed by atoms with E-state index in [1.807, 2.05) is 6.07 Å². The van der Waals surface area contributed by atoms with Crippen LogP contribution in [0, 0.1) is 17.1 Å². The van der Waals surface area contributed by atoms with Crippen LogP contribution in [-0.2, 0) is 0 Å². The van der Waals surface area contributed by atoms with Crippen LogP contribution in [0.4, 0.5) is 4.39 Å². The summed E-state index contributed by atoms with van der Waals surface area (Å²) in [6, 6.07) is 5.58. The van der Waals surface area contributed by atoms with Crippen LogP contribution in [-0.4, -0.2) is 9.97 Å². The zero-order valence-electron chi connectivity index (χ0n) is 8.69. The van der Waals surface area contributed by atoms with Gasteiger partial charge in [-0.3, -0.25) is 0 Å². The van der Waals surface area contributed by atoms with Gasteiger partial charge in [0.15, 0.2) is 11.6 Å². The quantitative estimate of drug-likeness (QED) is 0.791. The molecule has 0 aliphatic rings. The highest BCUT2D eigenvalue weighted by molar-refractivity contribution is 6.32. The molecule has 0 amide bonds. The second kappa shape index (κ2) is 5.17. The van der Waals surface area contributed by atoms with Gasteiger partial charge < -0.3 is 4.74 Å². The summed E-state index contributed by atoms with van der Waals surface area (Å²) < 4.78 is 18.7. The van der Waals surface area contributed by atoms with Crippen molar-refractivity contribution in [2.45, 2.75) is 0 Å². The molecule has 7 heteroatoms. The van der Waals surface area contributed by atoms with Gasteiger partial charge in [-0.2, -0.15) is 10.2 Å². The molecule has 1 aromatic carbocycles. The van der Waals surface area contributed by atoms with E-state index in [2.05, 4.69) is 9.97 Å². The van der Waals surface area contributed by atoms with Gasteiger partial charge in [0, 0.05) is 0 Å². The molecule has 2 rings (SSSR count). The van der Waals surface area contributed by atoms with E-state index >= 15 is 0 Å². The Morgan fingerprint density at radius 2 is 2.11 bits per heavy atom. The van der Waals surface area contributed by atoms with E-state index in [0.29, 0.717) is 0 Å². The maximum absolute atomic E-state index is 13.6. The summed E-state index contributed by atoms with van der Waals surface area (Å²) >= 11 is 11.3. The average Bonchev–Trinajstić information content (AvgIpc) is 2.36. The summed E-state index contributed by atoms with van der Waals surface area (Å²) in [5.41, 5.74) is 0.187. The Kier molecular flexibility index (Phi) is 3.60. The first-order chi connectivity index (χ1) is 8.60. The maximum atomic E-state index is 13.6. The number of rotatable bonds is 2. The number of ether oxygens (including phenoxy) is 1. The first kappa shape index (κ1) is 12.6. The summed E-state index contributed by atoms with van der Waals surface area (Å²) in [5.74, 6) is -0.856. The molecule has 2 aromatic rings. The third-order valence-electron chi connectivity index (χ3n) is 1.95.